The Labute approximate surface area is 165 Å². The largest absolute Gasteiger partial charge is 0.550 e. The molecule has 0 radical (unpaired) electrons. The van der Waals surface area contributed by atoms with Gasteiger partial charge in [0.15, 0.2) is 0 Å². The number of rotatable bonds is 7. The topological polar surface area (TPSA) is 69.2 Å². The third-order valence-electron chi connectivity index (χ3n) is 6.17. The number of benzene rings is 2. The second-order valence-electron chi connectivity index (χ2n) is 7.77. The lowest BCUT2D eigenvalue weighted by molar-refractivity contribution is -0.313. The van der Waals surface area contributed by atoms with Gasteiger partial charge >= 0.3 is 0 Å². The Morgan fingerprint density at radius 2 is 1.43 bits per heavy atom. The van der Waals surface area contributed by atoms with Crippen molar-refractivity contribution in [3.8, 4) is 0 Å². The van der Waals surface area contributed by atoms with Crippen molar-refractivity contribution in [2.45, 2.75) is 18.8 Å². The average molecular weight is 374 g/mol. The van der Waals surface area contributed by atoms with E-state index in [1.165, 1.54) is 11.1 Å². The van der Waals surface area contributed by atoms with Crippen LogP contribution < -0.4 is 10.4 Å². The minimum absolute atomic E-state index is 0.0203. The third-order valence-corrected chi connectivity index (χ3v) is 6.17. The summed E-state index contributed by atoms with van der Waals surface area (Å²) in [6.07, 6.45) is 5.42. The van der Waals surface area contributed by atoms with E-state index in [2.05, 4.69) is 29.6 Å². The lowest BCUT2D eigenvalue weighted by atomic mass is 9.82. The van der Waals surface area contributed by atoms with Crippen LogP contribution in [0.15, 0.2) is 72.8 Å². The number of allylic oxidation sites excluding steroid dienone is 2. The highest BCUT2D eigenvalue weighted by atomic mass is 16.4. The molecule has 0 aromatic heterocycles. The van der Waals surface area contributed by atoms with E-state index in [-0.39, 0.29) is 23.7 Å². The van der Waals surface area contributed by atoms with Gasteiger partial charge in [0.25, 0.3) is 0 Å². The number of amides is 1. The molecular weight excluding hydrogens is 350 g/mol. The molecule has 4 nitrogen and oxygen atoms in total. The molecule has 2 aromatic carbocycles. The Bertz CT molecular complexity index is 822. The smallest absolute Gasteiger partial charge is 0.224 e. The maximum Gasteiger partial charge on any atom is 0.224 e. The first kappa shape index (κ1) is 18.5. The van der Waals surface area contributed by atoms with Crippen LogP contribution in [0.25, 0.3) is 0 Å². The average Bonchev–Trinajstić information content (AvgIpc) is 3.34. The minimum Gasteiger partial charge on any atom is -0.550 e. The molecule has 28 heavy (non-hydrogen) atoms. The van der Waals surface area contributed by atoms with Crippen molar-refractivity contribution >= 4 is 11.9 Å². The number of carboxylic acids is 1. The highest BCUT2D eigenvalue weighted by molar-refractivity contribution is 5.86. The normalized spacial score (nSPS) is 25.2. The van der Waals surface area contributed by atoms with E-state index < -0.39 is 17.8 Å². The molecule has 144 valence electrons. The Morgan fingerprint density at radius 1 is 0.893 bits per heavy atom. The van der Waals surface area contributed by atoms with Gasteiger partial charge in [0, 0.05) is 24.3 Å². The summed E-state index contributed by atoms with van der Waals surface area (Å²) in [6.45, 7) is 0.505. The highest BCUT2D eigenvalue weighted by Gasteiger charge is 2.48. The zero-order valence-electron chi connectivity index (χ0n) is 15.7. The van der Waals surface area contributed by atoms with Crippen LogP contribution in [-0.4, -0.2) is 18.4 Å². The van der Waals surface area contributed by atoms with Crippen LogP contribution in [0.2, 0.25) is 0 Å². The molecule has 1 N–H and O–H groups in total. The number of hydrogen-bond acceptors (Lipinski definition) is 3. The molecule has 4 atom stereocenters. The molecular formula is C24H24NO3-. The molecule has 4 rings (SSSR count). The Hall–Kier alpha value is -2.88. The van der Waals surface area contributed by atoms with Crippen LogP contribution in [-0.2, 0) is 9.59 Å². The predicted octanol–water partition coefficient (Wildman–Crippen LogP) is 2.51. The Kier molecular flexibility index (Phi) is 5.29. The van der Waals surface area contributed by atoms with Crippen molar-refractivity contribution in [1.29, 1.82) is 0 Å². The van der Waals surface area contributed by atoms with Crippen molar-refractivity contribution in [1.82, 2.24) is 5.32 Å². The monoisotopic (exact) mass is 374 g/mol. The van der Waals surface area contributed by atoms with Crippen LogP contribution in [0, 0.1) is 23.7 Å². The summed E-state index contributed by atoms with van der Waals surface area (Å²) in [4.78, 5) is 24.3. The number of hydrogen-bond donors (Lipinski definition) is 1. The van der Waals surface area contributed by atoms with Crippen LogP contribution in [0.4, 0.5) is 0 Å². The lowest BCUT2D eigenvalue weighted by Crippen LogP contribution is -2.45. The van der Waals surface area contributed by atoms with Crippen molar-refractivity contribution in [3.05, 3.63) is 83.9 Å². The van der Waals surface area contributed by atoms with E-state index in [1.54, 1.807) is 0 Å². The number of nitrogens with one attached hydrogen (secondary N) is 1. The van der Waals surface area contributed by atoms with Gasteiger partial charge in [-0.3, -0.25) is 4.79 Å². The van der Waals surface area contributed by atoms with E-state index in [9.17, 15) is 14.7 Å². The molecule has 2 bridgehead atoms. The number of aliphatic carboxylic acids is 1. The van der Waals surface area contributed by atoms with Gasteiger partial charge in [-0.25, -0.2) is 0 Å². The first-order valence-corrected chi connectivity index (χ1v) is 9.92. The van der Waals surface area contributed by atoms with E-state index in [1.807, 2.05) is 48.6 Å². The number of carbonyl (C=O) groups excluding carboxylic acids is 2. The summed E-state index contributed by atoms with van der Waals surface area (Å²) < 4.78 is 0. The Balaban J connectivity index is 1.43. The van der Waals surface area contributed by atoms with Gasteiger partial charge in [0.1, 0.15) is 0 Å². The quantitative estimate of drug-likeness (QED) is 0.757. The zero-order chi connectivity index (χ0) is 19.5. The van der Waals surface area contributed by atoms with E-state index in [0.29, 0.717) is 6.54 Å². The molecule has 2 aliphatic carbocycles. The predicted molar refractivity (Wildman–Crippen MR) is 105 cm³/mol. The molecule has 0 aliphatic heterocycles. The van der Waals surface area contributed by atoms with Gasteiger partial charge in [0.2, 0.25) is 5.91 Å². The molecule has 1 fully saturated rings. The second kappa shape index (κ2) is 8.01. The fourth-order valence-electron chi connectivity index (χ4n) is 4.86. The highest BCUT2D eigenvalue weighted by Crippen LogP contribution is 2.47. The van der Waals surface area contributed by atoms with E-state index in [0.717, 1.165) is 12.8 Å². The maximum atomic E-state index is 12.8. The molecule has 2 aromatic rings. The minimum atomic E-state index is -1.11. The van der Waals surface area contributed by atoms with Crippen molar-refractivity contribution in [2.24, 2.45) is 23.7 Å². The molecule has 4 heteroatoms. The van der Waals surface area contributed by atoms with Gasteiger partial charge in [-0.2, -0.15) is 0 Å². The molecule has 0 heterocycles. The van der Waals surface area contributed by atoms with Crippen LogP contribution in [0.1, 0.15) is 29.9 Å². The first-order chi connectivity index (χ1) is 13.6. The standard InChI is InChI=1S/C24H25NO3/c26-23(21-18-11-12-19(15-18)22(21)24(27)28)25-14-13-20(16-7-3-1-4-8-16)17-9-5-2-6-10-17/h1-12,18-22H,13-15H2,(H,25,26)(H,27,28)/p-1/t18-,19+,21-,22+/m1/s1. The van der Waals surface area contributed by atoms with Crippen molar-refractivity contribution < 1.29 is 14.7 Å². The molecule has 1 amide bonds. The van der Waals surface area contributed by atoms with Crippen molar-refractivity contribution in [2.75, 3.05) is 6.54 Å². The summed E-state index contributed by atoms with van der Waals surface area (Å²) in [5.74, 6) is -2.34. The van der Waals surface area contributed by atoms with Gasteiger partial charge in [0.05, 0.1) is 5.92 Å². The first-order valence-electron chi connectivity index (χ1n) is 9.92. The van der Waals surface area contributed by atoms with Gasteiger partial charge in [-0.1, -0.05) is 72.8 Å². The summed E-state index contributed by atoms with van der Waals surface area (Å²) in [5, 5.41) is 14.5. The summed E-state index contributed by atoms with van der Waals surface area (Å²) in [6, 6.07) is 20.5. The fourth-order valence-corrected chi connectivity index (χ4v) is 4.86. The molecule has 0 saturated heterocycles. The fraction of sp³-hybridized carbons (Fsp3) is 0.333. The summed E-state index contributed by atoms with van der Waals surface area (Å²) >= 11 is 0. The van der Waals surface area contributed by atoms with Crippen LogP contribution in [0.5, 0.6) is 0 Å². The lowest BCUT2D eigenvalue weighted by Gasteiger charge is -2.28. The van der Waals surface area contributed by atoms with Gasteiger partial charge in [-0.05, 0) is 35.8 Å². The van der Waals surface area contributed by atoms with Gasteiger partial charge in [-0.15, -0.1) is 0 Å². The number of fused-ring (bicyclic) bond motifs is 2. The van der Waals surface area contributed by atoms with Crippen molar-refractivity contribution in [3.63, 3.8) is 0 Å². The zero-order valence-corrected chi connectivity index (χ0v) is 15.7. The Morgan fingerprint density at radius 3 is 1.96 bits per heavy atom. The van der Waals surface area contributed by atoms with Crippen LogP contribution in [0.3, 0.4) is 0 Å². The number of carbonyl (C=O) groups is 2. The van der Waals surface area contributed by atoms with E-state index >= 15 is 0 Å². The molecule has 0 unspecified atom stereocenters. The van der Waals surface area contributed by atoms with Gasteiger partial charge < -0.3 is 15.2 Å². The molecule has 0 spiro atoms. The van der Waals surface area contributed by atoms with Crippen LogP contribution >= 0.6 is 0 Å². The summed E-state index contributed by atoms with van der Waals surface area (Å²) in [5.41, 5.74) is 2.41. The SMILES string of the molecule is O=C([O-])[C@@H]1[C@H](C(=O)NCCC(c2ccccc2)c2ccccc2)[C@@H]2C=C[C@H]1C2. The van der Waals surface area contributed by atoms with E-state index in [4.69, 9.17) is 0 Å². The summed E-state index contributed by atoms with van der Waals surface area (Å²) in [7, 11) is 0. The second-order valence-corrected chi connectivity index (χ2v) is 7.77. The molecule has 1 saturated carbocycles. The maximum absolute atomic E-state index is 12.8. The number of carboxylic acid groups (broad SMARTS) is 1. The molecule has 2 aliphatic rings. The third kappa shape index (κ3) is 3.59.